The highest BCUT2D eigenvalue weighted by atomic mass is 32.2. The van der Waals surface area contributed by atoms with Crippen LogP contribution in [-0.2, 0) is 14.8 Å². The van der Waals surface area contributed by atoms with Crippen molar-refractivity contribution in [1.82, 2.24) is 29.1 Å². The van der Waals surface area contributed by atoms with Crippen molar-refractivity contribution in [2.45, 2.75) is 83.2 Å². The molecule has 1 atom stereocenters. The van der Waals surface area contributed by atoms with Gasteiger partial charge in [-0.1, -0.05) is 25.8 Å². The van der Waals surface area contributed by atoms with Crippen molar-refractivity contribution in [3.8, 4) is 0 Å². The zero-order valence-corrected chi connectivity index (χ0v) is 26.0. The predicted octanol–water partition coefficient (Wildman–Crippen LogP) is 3.65. The van der Waals surface area contributed by atoms with E-state index >= 15 is 0 Å². The summed E-state index contributed by atoms with van der Waals surface area (Å²) >= 11 is 0. The SMILES string of the molecule is CCCCC1CN(S(=O)(=O)c2ccccn2)CCC12CCN(C1CCN(C(=O)C(=O)c3c(C)ncnc3C)CC1)CC2. The average molecular weight is 597 g/mol. The molecule has 3 aliphatic rings. The van der Waals surface area contributed by atoms with Crippen molar-refractivity contribution in [3.05, 3.63) is 47.7 Å². The van der Waals surface area contributed by atoms with Crippen molar-refractivity contribution in [2.75, 3.05) is 39.3 Å². The minimum Gasteiger partial charge on any atom is -0.336 e. The zero-order chi connectivity index (χ0) is 29.9. The minimum absolute atomic E-state index is 0.138. The first kappa shape index (κ1) is 30.7. The van der Waals surface area contributed by atoms with Crippen LogP contribution in [0.5, 0.6) is 0 Å². The number of piperidine rings is 3. The van der Waals surface area contributed by atoms with Gasteiger partial charge in [0.25, 0.3) is 21.7 Å². The fourth-order valence-corrected chi connectivity index (χ4v) is 8.80. The van der Waals surface area contributed by atoms with Gasteiger partial charge < -0.3 is 9.80 Å². The number of Topliss-reactive ketones (excluding diaryl/α,β-unsaturated/α-hetero) is 1. The minimum atomic E-state index is -3.60. The molecule has 2 aromatic rings. The normalized spacial score (nSPS) is 22.4. The summed E-state index contributed by atoms with van der Waals surface area (Å²) in [4.78, 5) is 42.7. The van der Waals surface area contributed by atoms with Gasteiger partial charge in [0.1, 0.15) is 6.33 Å². The molecule has 1 unspecified atom stereocenters. The number of rotatable bonds is 8. The smallest absolute Gasteiger partial charge is 0.295 e. The van der Waals surface area contributed by atoms with Gasteiger partial charge in [0.05, 0.1) is 17.0 Å². The summed E-state index contributed by atoms with van der Waals surface area (Å²) in [5.74, 6) is -0.636. The number of carbonyl (C=O) groups is 2. The quantitative estimate of drug-likeness (QED) is 0.335. The Morgan fingerprint density at radius 1 is 0.952 bits per heavy atom. The standard InChI is InChI=1S/C31H44N6O4S/c1-4-5-8-25-21-37(42(40,41)27-9-6-7-15-32-27)20-14-31(25)12-18-35(19-13-31)26-10-16-36(17-11-26)30(39)29(38)28-23(2)33-22-34-24(28)3/h6-7,9,15,22,25-26H,4-5,8,10-14,16-21H2,1-3H3. The van der Waals surface area contributed by atoms with Crippen LogP contribution in [0.15, 0.2) is 35.7 Å². The van der Waals surface area contributed by atoms with E-state index in [1.54, 1.807) is 47.4 Å². The van der Waals surface area contributed by atoms with E-state index in [2.05, 4.69) is 26.8 Å². The molecule has 5 heterocycles. The molecule has 1 amide bonds. The summed E-state index contributed by atoms with van der Waals surface area (Å²) in [7, 11) is -3.60. The Balaban J connectivity index is 1.18. The van der Waals surface area contributed by atoms with E-state index in [1.807, 2.05) is 0 Å². The van der Waals surface area contributed by atoms with Gasteiger partial charge in [0.15, 0.2) is 5.03 Å². The second-order valence-corrected chi connectivity index (χ2v) is 14.2. The first-order valence-corrected chi connectivity index (χ1v) is 16.9. The van der Waals surface area contributed by atoms with Crippen LogP contribution in [0.4, 0.5) is 0 Å². The second-order valence-electron chi connectivity index (χ2n) is 12.3. The third kappa shape index (κ3) is 6.14. The lowest BCUT2D eigenvalue weighted by molar-refractivity contribution is -0.128. The van der Waals surface area contributed by atoms with E-state index in [1.165, 1.54) is 6.33 Å². The number of likely N-dealkylation sites (tertiary alicyclic amines) is 2. The highest BCUT2D eigenvalue weighted by Gasteiger charge is 2.47. The van der Waals surface area contributed by atoms with Gasteiger partial charge in [0.2, 0.25) is 0 Å². The molecule has 3 aliphatic heterocycles. The maximum atomic E-state index is 13.4. The third-order valence-corrected chi connectivity index (χ3v) is 11.8. The molecule has 5 rings (SSSR count). The molecule has 3 fully saturated rings. The highest BCUT2D eigenvalue weighted by molar-refractivity contribution is 7.89. The summed E-state index contributed by atoms with van der Waals surface area (Å²) in [6.45, 7) is 9.91. The van der Waals surface area contributed by atoms with Crippen LogP contribution in [0.25, 0.3) is 0 Å². The Labute approximate surface area is 250 Å². The largest absolute Gasteiger partial charge is 0.336 e. The Bertz CT molecular complexity index is 1350. The fourth-order valence-electron chi connectivity index (χ4n) is 7.38. The number of amides is 1. The second kappa shape index (κ2) is 12.9. The van der Waals surface area contributed by atoms with Crippen molar-refractivity contribution < 1.29 is 18.0 Å². The number of hydrogen-bond donors (Lipinski definition) is 0. The number of aromatic nitrogens is 3. The topological polar surface area (TPSA) is 117 Å². The molecule has 0 bridgehead atoms. The number of nitrogens with zero attached hydrogens (tertiary/aromatic N) is 6. The molecule has 0 aliphatic carbocycles. The van der Waals surface area contributed by atoms with Crippen molar-refractivity contribution >= 4 is 21.7 Å². The Kier molecular flexibility index (Phi) is 9.39. The summed E-state index contributed by atoms with van der Waals surface area (Å²) < 4.78 is 28.4. The van der Waals surface area contributed by atoms with Crippen LogP contribution in [0.3, 0.4) is 0 Å². The van der Waals surface area contributed by atoms with E-state index in [0.29, 0.717) is 55.1 Å². The summed E-state index contributed by atoms with van der Waals surface area (Å²) in [5, 5.41) is 0.138. The molecule has 0 aromatic carbocycles. The lowest BCUT2D eigenvalue weighted by Crippen LogP contribution is -2.56. The number of aryl methyl sites for hydroxylation is 2. The molecule has 10 nitrogen and oxygen atoms in total. The van der Waals surface area contributed by atoms with Crippen LogP contribution < -0.4 is 0 Å². The van der Waals surface area contributed by atoms with Crippen LogP contribution in [0.1, 0.15) is 80.0 Å². The number of unbranched alkanes of at least 4 members (excludes halogenated alkanes) is 1. The maximum absolute atomic E-state index is 13.4. The number of carbonyl (C=O) groups excluding carboxylic acids is 2. The Morgan fingerprint density at radius 2 is 1.62 bits per heavy atom. The summed E-state index contributed by atoms with van der Waals surface area (Å²) in [5.41, 5.74) is 1.56. The number of pyridine rings is 1. The van der Waals surface area contributed by atoms with E-state index in [9.17, 15) is 18.0 Å². The van der Waals surface area contributed by atoms with E-state index in [4.69, 9.17) is 0 Å². The molecule has 0 radical (unpaired) electrons. The predicted molar refractivity (Wildman–Crippen MR) is 159 cm³/mol. The summed E-state index contributed by atoms with van der Waals surface area (Å²) in [6.07, 6.45) is 10.9. The molecule has 0 N–H and O–H groups in total. The Hall–Kier alpha value is -2.76. The van der Waals surface area contributed by atoms with Crippen LogP contribution in [-0.4, -0.2) is 94.5 Å². The first-order chi connectivity index (χ1) is 20.2. The fraction of sp³-hybridized carbons (Fsp3) is 0.645. The number of sulfonamides is 1. The molecule has 42 heavy (non-hydrogen) atoms. The molecular weight excluding hydrogens is 552 g/mol. The molecule has 3 saturated heterocycles. The Morgan fingerprint density at radius 3 is 2.24 bits per heavy atom. The molecule has 228 valence electrons. The van der Waals surface area contributed by atoms with Gasteiger partial charge in [-0.2, -0.15) is 4.31 Å². The van der Waals surface area contributed by atoms with Crippen molar-refractivity contribution in [3.63, 3.8) is 0 Å². The van der Waals surface area contributed by atoms with E-state index < -0.39 is 21.7 Å². The van der Waals surface area contributed by atoms with Crippen molar-refractivity contribution in [1.29, 1.82) is 0 Å². The highest BCUT2D eigenvalue weighted by Crippen LogP contribution is 2.48. The summed E-state index contributed by atoms with van der Waals surface area (Å²) in [6, 6.07) is 5.45. The van der Waals surface area contributed by atoms with Crippen LogP contribution in [0, 0.1) is 25.2 Å². The first-order valence-electron chi connectivity index (χ1n) is 15.4. The van der Waals surface area contributed by atoms with E-state index in [0.717, 1.165) is 64.5 Å². The van der Waals surface area contributed by atoms with Crippen LogP contribution >= 0.6 is 0 Å². The monoisotopic (exact) mass is 596 g/mol. The zero-order valence-electron chi connectivity index (χ0n) is 25.2. The molecule has 11 heteroatoms. The number of hydrogen-bond acceptors (Lipinski definition) is 8. The molecule has 1 spiro atoms. The molecular formula is C31H44N6O4S. The van der Waals surface area contributed by atoms with Crippen molar-refractivity contribution in [2.24, 2.45) is 11.3 Å². The van der Waals surface area contributed by atoms with Gasteiger partial charge in [-0.05, 0) is 88.9 Å². The molecule has 2 aromatic heterocycles. The molecule has 0 saturated carbocycles. The maximum Gasteiger partial charge on any atom is 0.295 e. The van der Waals surface area contributed by atoms with E-state index in [-0.39, 0.29) is 10.4 Å². The van der Waals surface area contributed by atoms with Gasteiger partial charge >= 0.3 is 0 Å². The van der Waals surface area contributed by atoms with Crippen LogP contribution in [0.2, 0.25) is 0 Å². The lowest BCUT2D eigenvalue weighted by atomic mass is 9.63. The number of ketones is 1. The van der Waals surface area contributed by atoms with Gasteiger partial charge in [-0.15, -0.1) is 0 Å². The van der Waals surface area contributed by atoms with Gasteiger partial charge in [0, 0.05) is 38.4 Å². The van der Waals surface area contributed by atoms with Gasteiger partial charge in [-0.3, -0.25) is 9.59 Å². The lowest BCUT2D eigenvalue weighted by Gasteiger charge is -2.53. The van der Waals surface area contributed by atoms with Gasteiger partial charge in [-0.25, -0.2) is 23.4 Å². The third-order valence-electron chi connectivity index (χ3n) is 10.0. The average Bonchev–Trinajstić information content (AvgIpc) is 3.01.